The number of nitrogens with one attached hydrogen (secondary N) is 1. The molecule has 0 aromatic carbocycles. The molecule has 1 fully saturated rings. The van der Waals surface area contributed by atoms with E-state index in [0.29, 0.717) is 6.04 Å². The first kappa shape index (κ1) is 15.0. The van der Waals surface area contributed by atoms with Gasteiger partial charge in [0, 0.05) is 6.04 Å². The fourth-order valence-corrected chi connectivity index (χ4v) is 3.33. The lowest BCUT2D eigenvalue weighted by Gasteiger charge is -2.24. The molecule has 0 saturated heterocycles. The topological polar surface area (TPSA) is 38.0 Å². The minimum atomic E-state index is 0.541. The van der Waals surface area contributed by atoms with Crippen LogP contribution in [0.4, 0.5) is 0 Å². The van der Waals surface area contributed by atoms with Crippen molar-refractivity contribution in [3.05, 3.63) is 0 Å². The fraction of sp³-hybridized carbons (Fsp3) is 1.00. The Morgan fingerprint density at radius 1 is 1.18 bits per heavy atom. The standard InChI is InChI=1S/C15H32N2/c1-3-8-13(2)11-15(17-16)12-14-9-6-4-5-7-10-14/h13-15,17H,3-12,16H2,1-2H3. The van der Waals surface area contributed by atoms with Crippen molar-refractivity contribution >= 4 is 0 Å². The summed E-state index contributed by atoms with van der Waals surface area (Å²) in [4.78, 5) is 0. The van der Waals surface area contributed by atoms with Crippen LogP contribution in [0.1, 0.15) is 78.1 Å². The number of rotatable bonds is 7. The van der Waals surface area contributed by atoms with Gasteiger partial charge in [-0.05, 0) is 24.7 Å². The van der Waals surface area contributed by atoms with Crippen molar-refractivity contribution in [2.24, 2.45) is 17.7 Å². The van der Waals surface area contributed by atoms with Crippen LogP contribution in [0.15, 0.2) is 0 Å². The minimum absolute atomic E-state index is 0.541. The van der Waals surface area contributed by atoms with Gasteiger partial charge in [-0.2, -0.15) is 0 Å². The highest BCUT2D eigenvalue weighted by Gasteiger charge is 2.18. The zero-order valence-corrected chi connectivity index (χ0v) is 11.9. The highest BCUT2D eigenvalue weighted by atomic mass is 15.2. The molecule has 0 aliphatic heterocycles. The van der Waals surface area contributed by atoms with Crippen LogP contribution in [0, 0.1) is 11.8 Å². The van der Waals surface area contributed by atoms with Crippen LogP contribution in [-0.4, -0.2) is 6.04 Å². The second kappa shape index (κ2) is 8.93. The van der Waals surface area contributed by atoms with Gasteiger partial charge in [0.25, 0.3) is 0 Å². The zero-order valence-electron chi connectivity index (χ0n) is 11.9. The summed E-state index contributed by atoms with van der Waals surface area (Å²) >= 11 is 0. The zero-order chi connectivity index (χ0) is 12.5. The van der Waals surface area contributed by atoms with E-state index in [1.807, 2.05) is 0 Å². The molecule has 2 atom stereocenters. The van der Waals surface area contributed by atoms with Gasteiger partial charge in [0.15, 0.2) is 0 Å². The second-order valence-corrected chi connectivity index (χ2v) is 6.09. The van der Waals surface area contributed by atoms with E-state index in [1.165, 1.54) is 64.2 Å². The van der Waals surface area contributed by atoms with Crippen LogP contribution >= 0.6 is 0 Å². The lowest BCUT2D eigenvalue weighted by Crippen LogP contribution is -2.37. The average molecular weight is 240 g/mol. The van der Waals surface area contributed by atoms with Gasteiger partial charge in [-0.15, -0.1) is 0 Å². The van der Waals surface area contributed by atoms with Crippen LogP contribution in [0.3, 0.4) is 0 Å². The van der Waals surface area contributed by atoms with E-state index >= 15 is 0 Å². The third-order valence-electron chi connectivity index (χ3n) is 4.30. The van der Waals surface area contributed by atoms with Gasteiger partial charge < -0.3 is 0 Å². The van der Waals surface area contributed by atoms with Gasteiger partial charge in [-0.3, -0.25) is 11.3 Å². The van der Waals surface area contributed by atoms with Gasteiger partial charge in [0.2, 0.25) is 0 Å². The molecule has 1 aliphatic rings. The van der Waals surface area contributed by atoms with Gasteiger partial charge in [-0.1, -0.05) is 65.2 Å². The molecular formula is C15H32N2. The lowest BCUT2D eigenvalue weighted by atomic mass is 9.88. The Balaban J connectivity index is 2.28. The van der Waals surface area contributed by atoms with E-state index in [2.05, 4.69) is 19.3 Å². The van der Waals surface area contributed by atoms with Crippen molar-refractivity contribution in [3.8, 4) is 0 Å². The molecule has 2 unspecified atom stereocenters. The summed E-state index contributed by atoms with van der Waals surface area (Å²) in [5.41, 5.74) is 3.06. The van der Waals surface area contributed by atoms with Crippen molar-refractivity contribution < 1.29 is 0 Å². The Morgan fingerprint density at radius 3 is 2.35 bits per heavy atom. The molecule has 0 aromatic rings. The number of hydrogen-bond donors (Lipinski definition) is 2. The molecule has 3 N–H and O–H groups in total. The first-order valence-electron chi connectivity index (χ1n) is 7.72. The number of nitrogens with two attached hydrogens (primary N) is 1. The number of hydrazine groups is 1. The van der Waals surface area contributed by atoms with Crippen LogP contribution in [0.2, 0.25) is 0 Å². The van der Waals surface area contributed by atoms with Gasteiger partial charge in [0.1, 0.15) is 0 Å². The molecule has 17 heavy (non-hydrogen) atoms. The molecule has 1 rings (SSSR count). The highest BCUT2D eigenvalue weighted by Crippen LogP contribution is 2.28. The Kier molecular flexibility index (Phi) is 7.87. The van der Waals surface area contributed by atoms with Crippen molar-refractivity contribution in [2.75, 3.05) is 0 Å². The maximum atomic E-state index is 5.72. The largest absolute Gasteiger partial charge is 0.271 e. The average Bonchev–Trinajstić information content (AvgIpc) is 2.57. The minimum Gasteiger partial charge on any atom is -0.271 e. The monoisotopic (exact) mass is 240 g/mol. The van der Waals surface area contributed by atoms with Crippen molar-refractivity contribution in [1.29, 1.82) is 0 Å². The normalized spacial score (nSPS) is 22.1. The Hall–Kier alpha value is -0.0800. The predicted octanol–water partition coefficient (Wildman–Crippen LogP) is 4.01. The van der Waals surface area contributed by atoms with Crippen LogP contribution in [-0.2, 0) is 0 Å². The summed E-state index contributed by atoms with van der Waals surface area (Å²) in [6, 6.07) is 0.541. The fourth-order valence-electron chi connectivity index (χ4n) is 3.33. The summed E-state index contributed by atoms with van der Waals surface area (Å²) in [7, 11) is 0. The third-order valence-corrected chi connectivity index (χ3v) is 4.30. The molecule has 0 spiro atoms. The molecule has 1 saturated carbocycles. The lowest BCUT2D eigenvalue weighted by molar-refractivity contribution is 0.306. The first-order chi connectivity index (χ1) is 8.26. The molecule has 2 heteroatoms. The summed E-state index contributed by atoms with van der Waals surface area (Å²) in [5, 5.41) is 0. The van der Waals surface area contributed by atoms with E-state index < -0.39 is 0 Å². The quantitative estimate of drug-likeness (QED) is 0.401. The summed E-state index contributed by atoms with van der Waals surface area (Å²) in [6.07, 6.45) is 13.8. The molecule has 0 heterocycles. The van der Waals surface area contributed by atoms with Crippen molar-refractivity contribution in [3.63, 3.8) is 0 Å². The summed E-state index contributed by atoms with van der Waals surface area (Å²) in [5.74, 6) is 7.46. The Labute approximate surface area is 108 Å². The molecule has 0 radical (unpaired) electrons. The van der Waals surface area contributed by atoms with Gasteiger partial charge in [-0.25, -0.2) is 0 Å². The predicted molar refractivity (Wildman–Crippen MR) is 75.6 cm³/mol. The molecular weight excluding hydrogens is 208 g/mol. The first-order valence-corrected chi connectivity index (χ1v) is 7.72. The maximum Gasteiger partial charge on any atom is 0.0215 e. The molecule has 1 aliphatic carbocycles. The Bertz CT molecular complexity index is 174. The smallest absolute Gasteiger partial charge is 0.0215 e. The van der Waals surface area contributed by atoms with E-state index in [1.54, 1.807) is 0 Å². The maximum absolute atomic E-state index is 5.72. The molecule has 0 amide bonds. The van der Waals surface area contributed by atoms with Crippen molar-refractivity contribution in [2.45, 2.75) is 84.1 Å². The summed E-state index contributed by atoms with van der Waals surface area (Å²) in [6.45, 7) is 4.63. The van der Waals surface area contributed by atoms with E-state index in [4.69, 9.17) is 5.84 Å². The van der Waals surface area contributed by atoms with E-state index in [0.717, 1.165) is 11.8 Å². The SMILES string of the molecule is CCCC(C)CC(CC1CCCCCC1)NN. The van der Waals surface area contributed by atoms with Crippen LogP contribution in [0.5, 0.6) is 0 Å². The molecule has 102 valence electrons. The molecule has 0 aromatic heterocycles. The Morgan fingerprint density at radius 2 is 1.82 bits per heavy atom. The van der Waals surface area contributed by atoms with Crippen molar-refractivity contribution in [1.82, 2.24) is 5.43 Å². The van der Waals surface area contributed by atoms with Gasteiger partial charge in [0.05, 0.1) is 0 Å². The molecule has 0 bridgehead atoms. The number of hydrogen-bond acceptors (Lipinski definition) is 2. The molecule has 2 nitrogen and oxygen atoms in total. The third kappa shape index (κ3) is 6.42. The van der Waals surface area contributed by atoms with Crippen LogP contribution in [0.25, 0.3) is 0 Å². The summed E-state index contributed by atoms with van der Waals surface area (Å²) < 4.78 is 0. The second-order valence-electron chi connectivity index (χ2n) is 6.09. The van der Waals surface area contributed by atoms with Crippen LogP contribution < -0.4 is 11.3 Å². The van der Waals surface area contributed by atoms with Gasteiger partial charge >= 0.3 is 0 Å². The van der Waals surface area contributed by atoms with E-state index in [-0.39, 0.29) is 0 Å². The van der Waals surface area contributed by atoms with E-state index in [9.17, 15) is 0 Å². The highest BCUT2D eigenvalue weighted by molar-refractivity contribution is 4.74.